The standard InChI is InChI=1S/C10H16O2/c1-3-5-7-9(6-4-2)8-10(11)12/h4,6-7H,3,5,8H2,1-2H3,(H,11,12)/b6-4-,9-7+. The van der Waals surface area contributed by atoms with Gasteiger partial charge in [0.15, 0.2) is 0 Å². The van der Waals surface area contributed by atoms with Crippen molar-refractivity contribution >= 4 is 5.97 Å². The number of carboxylic acids is 1. The van der Waals surface area contributed by atoms with E-state index in [4.69, 9.17) is 5.11 Å². The minimum atomic E-state index is -0.768. The second-order valence-corrected chi connectivity index (χ2v) is 2.64. The van der Waals surface area contributed by atoms with Gasteiger partial charge in [0, 0.05) is 0 Å². The zero-order valence-corrected chi connectivity index (χ0v) is 7.71. The summed E-state index contributed by atoms with van der Waals surface area (Å²) in [5.41, 5.74) is 0.895. The van der Waals surface area contributed by atoms with Crippen LogP contribution in [0.15, 0.2) is 23.8 Å². The molecular weight excluding hydrogens is 152 g/mol. The van der Waals surface area contributed by atoms with Crippen LogP contribution in [0, 0.1) is 0 Å². The van der Waals surface area contributed by atoms with E-state index in [1.165, 1.54) is 0 Å². The molecule has 0 unspecified atom stereocenters. The lowest BCUT2D eigenvalue weighted by molar-refractivity contribution is -0.136. The van der Waals surface area contributed by atoms with Gasteiger partial charge >= 0.3 is 5.97 Å². The van der Waals surface area contributed by atoms with Gasteiger partial charge in [0.25, 0.3) is 0 Å². The highest BCUT2D eigenvalue weighted by Crippen LogP contribution is 2.06. The molecule has 0 aromatic rings. The number of hydrogen-bond donors (Lipinski definition) is 1. The van der Waals surface area contributed by atoms with E-state index < -0.39 is 5.97 Å². The van der Waals surface area contributed by atoms with E-state index in [1.54, 1.807) is 0 Å². The smallest absolute Gasteiger partial charge is 0.307 e. The predicted molar refractivity (Wildman–Crippen MR) is 50.1 cm³/mol. The molecule has 0 aromatic heterocycles. The van der Waals surface area contributed by atoms with Gasteiger partial charge in [-0.3, -0.25) is 4.79 Å². The Morgan fingerprint density at radius 1 is 1.50 bits per heavy atom. The van der Waals surface area contributed by atoms with Crippen molar-refractivity contribution in [3.05, 3.63) is 23.8 Å². The Morgan fingerprint density at radius 3 is 2.58 bits per heavy atom. The number of hydrogen-bond acceptors (Lipinski definition) is 1. The zero-order chi connectivity index (χ0) is 9.40. The second-order valence-electron chi connectivity index (χ2n) is 2.64. The summed E-state index contributed by atoms with van der Waals surface area (Å²) in [4.78, 5) is 10.4. The first-order valence-corrected chi connectivity index (χ1v) is 4.24. The lowest BCUT2D eigenvalue weighted by Gasteiger charge is -1.96. The third-order valence-corrected chi connectivity index (χ3v) is 1.43. The summed E-state index contributed by atoms with van der Waals surface area (Å²) in [5, 5.41) is 8.54. The van der Waals surface area contributed by atoms with Gasteiger partial charge in [-0.15, -0.1) is 0 Å². The fourth-order valence-corrected chi connectivity index (χ4v) is 0.918. The molecule has 0 spiro atoms. The molecule has 0 aliphatic heterocycles. The Labute approximate surface area is 73.6 Å². The van der Waals surface area contributed by atoms with Crippen molar-refractivity contribution in [1.29, 1.82) is 0 Å². The van der Waals surface area contributed by atoms with E-state index in [-0.39, 0.29) is 6.42 Å². The summed E-state index contributed by atoms with van der Waals surface area (Å²) in [6, 6.07) is 0. The van der Waals surface area contributed by atoms with Crippen molar-refractivity contribution in [3.63, 3.8) is 0 Å². The minimum Gasteiger partial charge on any atom is -0.481 e. The quantitative estimate of drug-likeness (QED) is 0.641. The van der Waals surface area contributed by atoms with Crippen LogP contribution in [0.1, 0.15) is 33.1 Å². The Kier molecular flexibility index (Phi) is 6.07. The first-order chi connectivity index (χ1) is 5.70. The van der Waals surface area contributed by atoms with Crippen molar-refractivity contribution in [1.82, 2.24) is 0 Å². The summed E-state index contributed by atoms with van der Waals surface area (Å²) >= 11 is 0. The van der Waals surface area contributed by atoms with Crippen LogP contribution in [0.2, 0.25) is 0 Å². The highest BCUT2D eigenvalue weighted by Gasteiger charge is 1.98. The van der Waals surface area contributed by atoms with Gasteiger partial charge in [-0.25, -0.2) is 0 Å². The molecule has 0 aromatic carbocycles. The van der Waals surface area contributed by atoms with E-state index in [0.717, 1.165) is 18.4 Å². The van der Waals surface area contributed by atoms with Crippen LogP contribution in [0.5, 0.6) is 0 Å². The van der Waals surface area contributed by atoms with E-state index in [1.807, 2.05) is 25.2 Å². The fraction of sp³-hybridized carbons (Fsp3) is 0.500. The zero-order valence-electron chi connectivity index (χ0n) is 7.71. The molecular formula is C10H16O2. The van der Waals surface area contributed by atoms with Crippen LogP contribution >= 0.6 is 0 Å². The lowest BCUT2D eigenvalue weighted by Crippen LogP contribution is -1.95. The van der Waals surface area contributed by atoms with Crippen LogP contribution in [0.3, 0.4) is 0 Å². The third kappa shape index (κ3) is 5.71. The Bertz CT molecular complexity index is 190. The van der Waals surface area contributed by atoms with Crippen LogP contribution in [0.25, 0.3) is 0 Å². The van der Waals surface area contributed by atoms with Gasteiger partial charge in [0.2, 0.25) is 0 Å². The molecule has 0 atom stereocenters. The monoisotopic (exact) mass is 168 g/mol. The van der Waals surface area contributed by atoms with Crippen LogP contribution < -0.4 is 0 Å². The molecule has 0 heterocycles. The minimum absolute atomic E-state index is 0.129. The summed E-state index contributed by atoms with van der Waals surface area (Å²) in [5.74, 6) is -0.768. The molecule has 0 saturated carbocycles. The number of unbranched alkanes of at least 4 members (excludes halogenated alkanes) is 1. The average molecular weight is 168 g/mol. The number of carbonyl (C=O) groups is 1. The molecule has 0 radical (unpaired) electrons. The fourth-order valence-electron chi connectivity index (χ4n) is 0.918. The van der Waals surface area contributed by atoms with E-state index in [2.05, 4.69) is 6.92 Å². The summed E-state index contributed by atoms with van der Waals surface area (Å²) in [7, 11) is 0. The Hall–Kier alpha value is -1.05. The van der Waals surface area contributed by atoms with Crippen molar-refractivity contribution in [2.24, 2.45) is 0 Å². The molecule has 12 heavy (non-hydrogen) atoms. The first kappa shape index (κ1) is 11.0. The number of rotatable bonds is 5. The summed E-state index contributed by atoms with van der Waals surface area (Å²) in [6.07, 6.45) is 7.83. The molecule has 0 saturated heterocycles. The largest absolute Gasteiger partial charge is 0.481 e. The first-order valence-electron chi connectivity index (χ1n) is 4.24. The molecule has 2 nitrogen and oxygen atoms in total. The van der Waals surface area contributed by atoms with Crippen LogP contribution in [0.4, 0.5) is 0 Å². The van der Waals surface area contributed by atoms with Gasteiger partial charge in [-0.2, -0.15) is 0 Å². The molecule has 0 bridgehead atoms. The van der Waals surface area contributed by atoms with Crippen molar-refractivity contribution in [2.75, 3.05) is 0 Å². The van der Waals surface area contributed by atoms with Crippen LogP contribution in [-0.4, -0.2) is 11.1 Å². The molecule has 2 heteroatoms. The van der Waals surface area contributed by atoms with Crippen LogP contribution in [-0.2, 0) is 4.79 Å². The molecule has 0 amide bonds. The van der Waals surface area contributed by atoms with Crippen molar-refractivity contribution in [2.45, 2.75) is 33.1 Å². The maximum Gasteiger partial charge on any atom is 0.307 e. The summed E-state index contributed by atoms with van der Waals surface area (Å²) in [6.45, 7) is 3.96. The maximum atomic E-state index is 10.4. The second kappa shape index (κ2) is 6.65. The van der Waals surface area contributed by atoms with Crippen molar-refractivity contribution in [3.8, 4) is 0 Å². The highest BCUT2D eigenvalue weighted by atomic mass is 16.4. The molecule has 0 fully saturated rings. The molecule has 0 aliphatic rings. The van der Waals surface area contributed by atoms with Crippen molar-refractivity contribution < 1.29 is 9.90 Å². The SMILES string of the molecule is C/C=C\C(=C/CCC)CC(=O)O. The lowest BCUT2D eigenvalue weighted by atomic mass is 10.1. The van der Waals surface area contributed by atoms with Gasteiger partial charge in [0.1, 0.15) is 0 Å². The molecule has 0 aliphatic carbocycles. The average Bonchev–Trinajstić information content (AvgIpc) is 2.00. The Morgan fingerprint density at radius 2 is 2.17 bits per heavy atom. The normalized spacial score (nSPS) is 12.3. The van der Waals surface area contributed by atoms with Gasteiger partial charge in [-0.05, 0) is 18.9 Å². The highest BCUT2D eigenvalue weighted by molar-refractivity contribution is 5.70. The molecule has 0 rings (SSSR count). The molecule has 68 valence electrons. The molecule has 1 N–H and O–H groups in total. The predicted octanol–water partition coefficient (Wildman–Crippen LogP) is 2.76. The maximum absolute atomic E-state index is 10.4. The number of allylic oxidation sites excluding steroid dienone is 3. The van der Waals surface area contributed by atoms with E-state index in [9.17, 15) is 4.79 Å². The van der Waals surface area contributed by atoms with Gasteiger partial charge in [-0.1, -0.05) is 31.6 Å². The van der Waals surface area contributed by atoms with Gasteiger partial charge < -0.3 is 5.11 Å². The number of aliphatic carboxylic acids is 1. The third-order valence-electron chi connectivity index (χ3n) is 1.43. The topological polar surface area (TPSA) is 37.3 Å². The van der Waals surface area contributed by atoms with E-state index in [0.29, 0.717) is 0 Å². The summed E-state index contributed by atoms with van der Waals surface area (Å²) < 4.78 is 0. The Balaban J connectivity index is 4.12. The number of carboxylic acid groups (broad SMARTS) is 1. The van der Waals surface area contributed by atoms with Gasteiger partial charge in [0.05, 0.1) is 6.42 Å². The van der Waals surface area contributed by atoms with E-state index >= 15 is 0 Å².